The summed E-state index contributed by atoms with van der Waals surface area (Å²) in [6.07, 6.45) is 0. The molecule has 0 aliphatic rings. The molecule has 0 fully saturated rings. The Morgan fingerprint density at radius 1 is 1.21 bits per heavy atom. The standard InChI is InChI=1S/C22H21ClN4O2/c1-14-21(29-13-16-5-7-17(8-6-16)22(28)26(3)4)15(2)27(25-14)19-10-9-18(12-24)20(23)11-19/h5-11H,13H2,1-4H3. The van der Waals surface area contributed by atoms with E-state index in [4.69, 9.17) is 21.6 Å². The summed E-state index contributed by atoms with van der Waals surface area (Å²) in [6.45, 7) is 4.15. The third kappa shape index (κ3) is 4.25. The molecule has 0 unspecified atom stereocenters. The second-order valence-corrected chi connectivity index (χ2v) is 7.28. The predicted octanol–water partition coefficient (Wildman–Crippen LogP) is 4.30. The molecule has 0 saturated heterocycles. The molecule has 148 valence electrons. The molecule has 2 aromatic carbocycles. The first kappa shape index (κ1) is 20.4. The number of amides is 1. The van der Waals surface area contributed by atoms with E-state index in [0.29, 0.717) is 28.5 Å². The van der Waals surface area contributed by atoms with Gasteiger partial charge in [0.1, 0.15) is 18.4 Å². The Kier molecular flexibility index (Phi) is 5.90. The monoisotopic (exact) mass is 408 g/mol. The number of carbonyl (C=O) groups excluding carboxylic acids is 1. The Morgan fingerprint density at radius 2 is 1.90 bits per heavy atom. The summed E-state index contributed by atoms with van der Waals surface area (Å²) in [7, 11) is 3.45. The van der Waals surface area contributed by atoms with Crippen LogP contribution < -0.4 is 4.74 Å². The zero-order valence-corrected chi connectivity index (χ0v) is 17.5. The van der Waals surface area contributed by atoms with Gasteiger partial charge in [-0.3, -0.25) is 4.79 Å². The van der Waals surface area contributed by atoms with Gasteiger partial charge in [0, 0.05) is 19.7 Å². The number of aryl methyl sites for hydroxylation is 1. The van der Waals surface area contributed by atoms with Crippen LogP contribution in [0, 0.1) is 25.2 Å². The maximum Gasteiger partial charge on any atom is 0.253 e. The highest BCUT2D eigenvalue weighted by Gasteiger charge is 2.15. The number of nitriles is 1. The van der Waals surface area contributed by atoms with Crippen LogP contribution in [0.2, 0.25) is 5.02 Å². The van der Waals surface area contributed by atoms with Crippen LogP contribution in [0.25, 0.3) is 5.69 Å². The fourth-order valence-corrected chi connectivity index (χ4v) is 3.19. The summed E-state index contributed by atoms with van der Waals surface area (Å²) >= 11 is 6.15. The highest BCUT2D eigenvalue weighted by Crippen LogP contribution is 2.28. The number of hydrogen-bond acceptors (Lipinski definition) is 4. The van der Waals surface area contributed by atoms with Gasteiger partial charge in [-0.2, -0.15) is 10.4 Å². The minimum absolute atomic E-state index is 0.0356. The second kappa shape index (κ2) is 8.38. The predicted molar refractivity (Wildman–Crippen MR) is 112 cm³/mol. The molecule has 0 bridgehead atoms. The van der Waals surface area contributed by atoms with E-state index in [-0.39, 0.29) is 5.91 Å². The van der Waals surface area contributed by atoms with Gasteiger partial charge in [-0.15, -0.1) is 0 Å². The first-order chi connectivity index (χ1) is 13.8. The van der Waals surface area contributed by atoms with Crippen molar-refractivity contribution in [3.8, 4) is 17.5 Å². The molecule has 0 aliphatic carbocycles. The zero-order chi connectivity index (χ0) is 21.1. The fraction of sp³-hybridized carbons (Fsp3) is 0.227. The fourth-order valence-electron chi connectivity index (χ4n) is 2.97. The van der Waals surface area contributed by atoms with Gasteiger partial charge in [0.2, 0.25) is 0 Å². The number of ether oxygens (including phenoxy) is 1. The van der Waals surface area contributed by atoms with Gasteiger partial charge >= 0.3 is 0 Å². The molecule has 0 spiro atoms. The molecule has 1 aromatic heterocycles. The van der Waals surface area contributed by atoms with Crippen LogP contribution in [0.5, 0.6) is 5.75 Å². The van der Waals surface area contributed by atoms with Crippen molar-refractivity contribution in [2.45, 2.75) is 20.5 Å². The van der Waals surface area contributed by atoms with E-state index in [9.17, 15) is 4.79 Å². The number of rotatable bonds is 5. The van der Waals surface area contributed by atoms with Crippen molar-refractivity contribution >= 4 is 17.5 Å². The van der Waals surface area contributed by atoms with Crippen molar-refractivity contribution in [3.05, 3.63) is 75.6 Å². The lowest BCUT2D eigenvalue weighted by Crippen LogP contribution is -2.21. The minimum atomic E-state index is -0.0356. The van der Waals surface area contributed by atoms with Gasteiger partial charge in [0.05, 0.1) is 22.0 Å². The Morgan fingerprint density at radius 3 is 2.48 bits per heavy atom. The normalized spacial score (nSPS) is 10.5. The number of benzene rings is 2. The highest BCUT2D eigenvalue weighted by atomic mass is 35.5. The van der Waals surface area contributed by atoms with Crippen molar-refractivity contribution in [3.63, 3.8) is 0 Å². The summed E-state index contributed by atoms with van der Waals surface area (Å²) in [5.74, 6) is 0.658. The molecule has 1 amide bonds. The largest absolute Gasteiger partial charge is 0.485 e. The quantitative estimate of drug-likeness (QED) is 0.631. The van der Waals surface area contributed by atoms with Crippen molar-refractivity contribution in [1.29, 1.82) is 5.26 Å². The lowest BCUT2D eigenvalue weighted by atomic mass is 10.1. The molecular weight excluding hydrogens is 388 g/mol. The number of nitrogens with zero attached hydrogens (tertiary/aromatic N) is 4. The molecule has 0 atom stereocenters. The lowest BCUT2D eigenvalue weighted by Gasteiger charge is -2.11. The van der Waals surface area contributed by atoms with Crippen LogP contribution in [0.15, 0.2) is 42.5 Å². The summed E-state index contributed by atoms with van der Waals surface area (Å²) < 4.78 is 7.76. The summed E-state index contributed by atoms with van der Waals surface area (Å²) in [4.78, 5) is 13.5. The maximum absolute atomic E-state index is 12.0. The lowest BCUT2D eigenvalue weighted by molar-refractivity contribution is 0.0827. The van der Waals surface area contributed by atoms with Gasteiger partial charge in [-0.05, 0) is 49.7 Å². The molecule has 3 aromatic rings. The van der Waals surface area contributed by atoms with Gasteiger partial charge in [-0.25, -0.2) is 4.68 Å². The number of aromatic nitrogens is 2. The topological polar surface area (TPSA) is 71.1 Å². The first-order valence-corrected chi connectivity index (χ1v) is 9.39. The van der Waals surface area contributed by atoms with Gasteiger partial charge in [0.15, 0.2) is 5.75 Å². The molecule has 0 aliphatic heterocycles. The highest BCUT2D eigenvalue weighted by molar-refractivity contribution is 6.31. The Hall–Kier alpha value is -3.30. The van der Waals surface area contributed by atoms with Crippen molar-refractivity contribution < 1.29 is 9.53 Å². The maximum atomic E-state index is 12.0. The number of carbonyl (C=O) groups is 1. The van der Waals surface area contributed by atoms with E-state index < -0.39 is 0 Å². The third-order valence-electron chi connectivity index (χ3n) is 4.53. The first-order valence-electron chi connectivity index (χ1n) is 9.01. The molecule has 0 radical (unpaired) electrons. The van der Waals surface area contributed by atoms with Crippen LogP contribution in [0.3, 0.4) is 0 Å². The van der Waals surface area contributed by atoms with Crippen LogP contribution in [-0.2, 0) is 6.61 Å². The molecule has 6 nitrogen and oxygen atoms in total. The van der Waals surface area contributed by atoms with Gasteiger partial charge < -0.3 is 9.64 Å². The van der Waals surface area contributed by atoms with Crippen LogP contribution in [0.4, 0.5) is 0 Å². The van der Waals surface area contributed by atoms with E-state index in [1.54, 1.807) is 54.0 Å². The molecule has 7 heteroatoms. The number of halogens is 1. The average Bonchev–Trinajstić information content (AvgIpc) is 2.99. The molecule has 0 N–H and O–H groups in total. The molecule has 3 rings (SSSR count). The third-order valence-corrected chi connectivity index (χ3v) is 4.85. The van der Waals surface area contributed by atoms with E-state index in [2.05, 4.69) is 11.2 Å². The SMILES string of the molecule is Cc1nn(-c2ccc(C#N)c(Cl)c2)c(C)c1OCc1ccc(C(=O)N(C)C)cc1. The average molecular weight is 409 g/mol. The minimum Gasteiger partial charge on any atom is -0.485 e. The van der Waals surface area contributed by atoms with Crippen LogP contribution in [0.1, 0.15) is 32.9 Å². The van der Waals surface area contributed by atoms with Crippen molar-refractivity contribution in [2.24, 2.45) is 0 Å². The summed E-state index contributed by atoms with van der Waals surface area (Å²) in [6, 6.07) is 14.6. The summed E-state index contributed by atoms with van der Waals surface area (Å²) in [5.41, 5.74) is 4.36. The number of hydrogen-bond donors (Lipinski definition) is 0. The Bertz CT molecular complexity index is 1100. The van der Waals surface area contributed by atoms with Gasteiger partial charge in [0.25, 0.3) is 5.91 Å². The zero-order valence-electron chi connectivity index (χ0n) is 16.7. The van der Waals surface area contributed by atoms with E-state index in [0.717, 1.165) is 22.6 Å². The summed E-state index contributed by atoms with van der Waals surface area (Å²) in [5, 5.41) is 14.0. The van der Waals surface area contributed by atoms with Crippen molar-refractivity contribution in [1.82, 2.24) is 14.7 Å². The van der Waals surface area contributed by atoms with Crippen molar-refractivity contribution in [2.75, 3.05) is 14.1 Å². The van der Waals surface area contributed by atoms with Gasteiger partial charge in [-0.1, -0.05) is 23.7 Å². The molecule has 29 heavy (non-hydrogen) atoms. The van der Waals surface area contributed by atoms with Crippen LogP contribution in [-0.4, -0.2) is 34.7 Å². The van der Waals surface area contributed by atoms with Crippen LogP contribution >= 0.6 is 11.6 Å². The van der Waals surface area contributed by atoms with E-state index in [1.807, 2.05) is 26.0 Å². The molecule has 1 heterocycles. The second-order valence-electron chi connectivity index (χ2n) is 6.87. The molecule has 0 saturated carbocycles. The molecular formula is C22H21ClN4O2. The van der Waals surface area contributed by atoms with E-state index in [1.165, 1.54) is 0 Å². The van der Waals surface area contributed by atoms with E-state index >= 15 is 0 Å². The Labute approximate surface area is 174 Å². The Balaban J connectivity index is 1.78. The smallest absolute Gasteiger partial charge is 0.253 e.